The number of aryl methyl sites for hydroxylation is 1. The van der Waals surface area contributed by atoms with E-state index < -0.39 is 22.0 Å². The van der Waals surface area contributed by atoms with Crippen LogP contribution in [-0.2, 0) is 14.8 Å². The summed E-state index contributed by atoms with van der Waals surface area (Å²) < 4.78 is 25.8. The van der Waals surface area contributed by atoms with Crippen LogP contribution in [0.4, 0.5) is 0 Å². The first-order chi connectivity index (χ1) is 11.6. The average molecular weight is 367 g/mol. The fourth-order valence-corrected chi connectivity index (χ4v) is 3.91. The van der Waals surface area contributed by atoms with Crippen molar-refractivity contribution in [3.63, 3.8) is 0 Å². The highest BCUT2D eigenvalue weighted by molar-refractivity contribution is 7.89. The van der Waals surface area contributed by atoms with Gasteiger partial charge in [-0.25, -0.2) is 12.7 Å². The van der Waals surface area contributed by atoms with Gasteiger partial charge in [0, 0.05) is 32.7 Å². The highest BCUT2D eigenvalue weighted by atomic mass is 32.2. The fourth-order valence-electron chi connectivity index (χ4n) is 2.77. The summed E-state index contributed by atoms with van der Waals surface area (Å²) in [6.07, 6.45) is 1.96. The maximum absolute atomic E-state index is 12.4. The van der Waals surface area contributed by atoms with E-state index in [0.29, 0.717) is 5.56 Å². The van der Waals surface area contributed by atoms with Crippen molar-refractivity contribution in [2.75, 3.05) is 27.2 Å². The van der Waals surface area contributed by atoms with Crippen molar-refractivity contribution in [2.45, 2.75) is 37.6 Å². The summed E-state index contributed by atoms with van der Waals surface area (Å²) >= 11 is 0. The Kier molecular flexibility index (Phi) is 5.84. The summed E-state index contributed by atoms with van der Waals surface area (Å²) in [5, 5.41) is 2.66. The number of nitrogens with one attached hydrogen (secondary N) is 1. The van der Waals surface area contributed by atoms with E-state index in [2.05, 4.69) is 5.32 Å². The maximum Gasteiger partial charge on any atom is 0.251 e. The van der Waals surface area contributed by atoms with E-state index >= 15 is 0 Å². The molecular formula is C17H25N3O4S. The summed E-state index contributed by atoms with van der Waals surface area (Å²) in [6, 6.07) is 3.86. The van der Waals surface area contributed by atoms with Gasteiger partial charge in [0.25, 0.3) is 5.91 Å². The zero-order chi connectivity index (χ0) is 18.8. The van der Waals surface area contributed by atoms with Crippen LogP contribution < -0.4 is 5.32 Å². The Labute approximate surface area is 149 Å². The molecule has 1 saturated heterocycles. The fraction of sp³-hybridized carbons (Fsp3) is 0.529. The minimum absolute atomic E-state index is 0.0867. The number of hydrogen-bond donors (Lipinski definition) is 1. The Morgan fingerprint density at radius 1 is 1.20 bits per heavy atom. The summed E-state index contributed by atoms with van der Waals surface area (Å²) in [4.78, 5) is 26.6. The molecule has 0 aromatic heterocycles. The van der Waals surface area contributed by atoms with E-state index in [1.165, 1.54) is 20.2 Å². The zero-order valence-corrected chi connectivity index (χ0v) is 15.9. The SMILES string of the molecule is Cc1ccc(C(=O)N[C@@H](C)C(=O)N2CCCC2)cc1S(=O)(=O)N(C)C. The molecule has 2 rings (SSSR count). The van der Waals surface area contributed by atoms with Crippen molar-refractivity contribution in [3.05, 3.63) is 29.3 Å². The van der Waals surface area contributed by atoms with Crippen LogP contribution in [0.1, 0.15) is 35.7 Å². The summed E-state index contributed by atoms with van der Waals surface area (Å²) in [5.41, 5.74) is 0.776. The lowest BCUT2D eigenvalue weighted by Crippen LogP contribution is -2.46. The van der Waals surface area contributed by atoms with Gasteiger partial charge in [0.15, 0.2) is 0 Å². The second-order valence-corrected chi connectivity index (χ2v) is 8.62. The molecule has 8 heteroatoms. The third-order valence-corrected chi connectivity index (χ3v) is 6.30. The van der Waals surface area contributed by atoms with Crippen molar-refractivity contribution in [2.24, 2.45) is 0 Å². The molecule has 0 saturated carbocycles. The lowest BCUT2D eigenvalue weighted by molar-refractivity contribution is -0.131. The van der Waals surface area contributed by atoms with Crippen molar-refractivity contribution in [3.8, 4) is 0 Å². The molecule has 0 bridgehead atoms. The first-order valence-electron chi connectivity index (χ1n) is 8.27. The molecule has 0 aliphatic carbocycles. The van der Waals surface area contributed by atoms with Crippen LogP contribution in [0.25, 0.3) is 0 Å². The molecule has 0 radical (unpaired) electrons. The predicted molar refractivity (Wildman–Crippen MR) is 94.8 cm³/mol. The van der Waals surface area contributed by atoms with Gasteiger partial charge in [0.2, 0.25) is 15.9 Å². The second-order valence-electron chi connectivity index (χ2n) is 6.50. The maximum atomic E-state index is 12.4. The highest BCUT2D eigenvalue weighted by Crippen LogP contribution is 2.20. The summed E-state index contributed by atoms with van der Waals surface area (Å²) in [5.74, 6) is -0.575. The Morgan fingerprint density at radius 3 is 2.36 bits per heavy atom. The average Bonchev–Trinajstić information content (AvgIpc) is 3.08. The predicted octanol–water partition coefficient (Wildman–Crippen LogP) is 0.986. The minimum atomic E-state index is -3.64. The van der Waals surface area contributed by atoms with Gasteiger partial charge in [-0.3, -0.25) is 9.59 Å². The van der Waals surface area contributed by atoms with Gasteiger partial charge < -0.3 is 10.2 Å². The molecule has 1 aromatic carbocycles. The molecule has 138 valence electrons. The van der Waals surface area contributed by atoms with Crippen LogP contribution in [0.5, 0.6) is 0 Å². The molecule has 25 heavy (non-hydrogen) atoms. The number of benzene rings is 1. The van der Waals surface area contributed by atoms with Crippen LogP contribution in [0.3, 0.4) is 0 Å². The molecule has 1 heterocycles. The molecule has 1 atom stereocenters. The number of likely N-dealkylation sites (tertiary alicyclic amines) is 1. The number of sulfonamides is 1. The van der Waals surface area contributed by atoms with Gasteiger partial charge in [-0.15, -0.1) is 0 Å². The van der Waals surface area contributed by atoms with E-state index in [0.717, 1.165) is 30.2 Å². The van der Waals surface area contributed by atoms with Gasteiger partial charge >= 0.3 is 0 Å². The Hall–Kier alpha value is -1.93. The van der Waals surface area contributed by atoms with Crippen LogP contribution in [0.2, 0.25) is 0 Å². The van der Waals surface area contributed by atoms with Crippen LogP contribution in [-0.4, -0.2) is 62.7 Å². The third kappa shape index (κ3) is 4.19. The number of rotatable bonds is 5. The molecular weight excluding hydrogens is 342 g/mol. The van der Waals surface area contributed by atoms with Crippen molar-refractivity contribution >= 4 is 21.8 Å². The monoisotopic (exact) mass is 367 g/mol. The molecule has 1 fully saturated rings. The first-order valence-corrected chi connectivity index (χ1v) is 9.71. The highest BCUT2D eigenvalue weighted by Gasteiger charge is 2.26. The van der Waals surface area contributed by atoms with Crippen molar-refractivity contribution in [1.29, 1.82) is 0 Å². The molecule has 0 spiro atoms. The molecule has 1 aliphatic heterocycles. The van der Waals surface area contributed by atoms with Gasteiger partial charge in [0.05, 0.1) is 4.90 Å². The quantitative estimate of drug-likeness (QED) is 0.841. The molecule has 0 unspecified atom stereocenters. The third-order valence-electron chi connectivity index (χ3n) is 4.34. The van der Waals surface area contributed by atoms with Gasteiger partial charge in [-0.1, -0.05) is 6.07 Å². The lowest BCUT2D eigenvalue weighted by Gasteiger charge is -2.21. The summed E-state index contributed by atoms with van der Waals surface area (Å²) in [6.45, 7) is 4.76. The van der Waals surface area contributed by atoms with E-state index in [1.54, 1.807) is 30.9 Å². The van der Waals surface area contributed by atoms with E-state index in [-0.39, 0.29) is 16.4 Å². The van der Waals surface area contributed by atoms with E-state index in [4.69, 9.17) is 0 Å². The standard InChI is InChI=1S/C17H25N3O4S/c1-12-7-8-14(11-15(12)25(23,24)19(3)4)16(21)18-13(2)17(22)20-9-5-6-10-20/h7-8,11,13H,5-6,9-10H2,1-4H3,(H,18,21)/t13-/m0/s1. The lowest BCUT2D eigenvalue weighted by atomic mass is 10.1. The van der Waals surface area contributed by atoms with Crippen LogP contribution in [0.15, 0.2) is 23.1 Å². The number of nitrogens with zero attached hydrogens (tertiary/aromatic N) is 2. The van der Waals surface area contributed by atoms with Gasteiger partial charge in [-0.05, 0) is 44.4 Å². The largest absolute Gasteiger partial charge is 0.341 e. The minimum Gasteiger partial charge on any atom is -0.341 e. The van der Waals surface area contributed by atoms with Gasteiger partial charge in [-0.2, -0.15) is 0 Å². The molecule has 1 aliphatic rings. The molecule has 7 nitrogen and oxygen atoms in total. The summed E-state index contributed by atoms with van der Waals surface area (Å²) in [7, 11) is -0.758. The van der Waals surface area contributed by atoms with Gasteiger partial charge in [0.1, 0.15) is 6.04 Å². The molecule has 1 aromatic rings. The first kappa shape index (κ1) is 19.4. The van der Waals surface area contributed by atoms with Crippen LogP contribution in [0, 0.1) is 6.92 Å². The number of amides is 2. The Bertz CT molecular complexity index is 768. The number of carbonyl (C=O) groups is 2. The zero-order valence-electron chi connectivity index (χ0n) is 15.1. The van der Waals surface area contributed by atoms with E-state index in [9.17, 15) is 18.0 Å². The van der Waals surface area contributed by atoms with E-state index in [1.807, 2.05) is 0 Å². The molecule has 2 amide bonds. The second kappa shape index (κ2) is 7.53. The van der Waals surface area contributed by atoms with Crippen LogP contribution >= 0.6 is 0 Å². The van der Waals surface area contributed by atoms with Crippen molar-refractivity contribution in [1.82, 2.24) is 14.5 Å². The molecule has 1 N–H and O–H groups in total. The Balaban J connectivity index is 2.18. The normalized spacial score (nSPS) is 16.1. The number of carbonyl (C=O) groups excluding carboxylic acids is 2. The number of hydrogen-bond acceptors (Lipinski definition) is 4. The smallest absolute Gasteiger partial charge is 0.251 e. The topological polar surface area (TPSA) is 86.8 Å². The van der Waals surface area contributed by atoms with Crippen molar-refractivity contribution < 1.29 is 18.0 Å². The Morgan fingerprint density at radius 2 is 1.80 bits per heavy atom.